The molecule has 1 N–H and O–H groups in total. The topological polar surface area (TPSA) is 86.5 Å². The van der Waals surface area contributed by atoms with Crippen molar-refractivity contribution in [3.63, 3.8) is 0 Å². The molecule has 0 aliphatic rings. The van der Waals surface area contributed by atoms with Crippen molar-refractivity contribution >= 4 is 5.97 Å². The van der Waals surface area contributed by atoms with Crippen molar-refractivity contribution in [3.8, 4) is 17.2 Å². The van der Waals surface area contributed by atoms with E-state index in [-0.39, 0.29) is 17.2 Å². The lowest BCUT2D eigenvalue weighted by atomic mass is 10.2. The molecule has 2 rings (SSSR count). The number of ether oxygens (including phenoxy) is 2. The molecule has 0 bridgehead atoms. The number of hydrogen-bond donors (Lipinski definition) is 1. The molecular weight excluding hydrogens is 307 g/mol. The Hall–Kier alpha value is -2.78. The summed E-state index contributed by atoms with van der Waals surface area (Å²) in [4.78, 5) is 10.9. The average Bonchev–Trinajstić information content (AvgIpc) is 2.91. The first-order valence-corrected chi connectivity index (χ1v) is 5.78. The highest BCUT2D eigenvalue weighted by Gasteiger charge is 2.42. The minimum atomic E-state index is -4.97. The number of carboxylic acids is 1. The van der Waals surface area contributed by atoms with Gasteiger partial charge in [-0.25, -0.2) is 9.48 Å². The molecular formula is C12H10F3N3O4. The van der Waals surface area contributed by atoms with E-state index in [9.17, 15) is 18.0 Å². The molecule has 0 unspecified atom stereocenters. The maximum Gasteiger partial charge on any atom is 0.436 e. The van der Waals surface area contributed by atoms with Crippen LogP contribution in [0.25, 0.3) is 5.69 Å². The van der Waals surface area contributed by atoms with Crippen molar-refractivity contribution in [1.82, 2.24) is 15.0 Å². The molecule has 0 aliphatic carbocycles. The van der Waals surface area contributed by atoms with Crippen molar-refractivity contribution in [2.75, 3.05) is 14.2 Å². The van der Waals surface area contributed by atoms with Crippen molar-refractivity contribution < 1.29 is 32.5 Å². The third kappa shape index (κ3) is 2.67. The Morgan fingerprint density at radius 1 is 1.27 bits per heavy atom. The van der Waals surface area contributed by atoms with Crippen molar-refractivity contribution in [1.29, 1.82) is 0 Å². The zero-order valence-electron chi connectivity index (χ0n) is 11.4. The van der Waals surface area contributed by atoms with Gasteiger partial charge >= 0.3 is 12.1 Å². The number of benzene rings is 1. The third-order valence-electron chi connectivity index (χ3n) is 2.76. The molecule has 0 saturated heterocycles. The normalized spacial score (nSPS) is 11.3. The van der Waals surface area contributed by atoms with Crippen LogP contribution in [0.3, 0.4) is 0 Å². The monoisotopic (exact) mass is 317 g/mol. The summed E-state index contributed by atoms with van der Waals surface area (Å²) in [5.74, 6) is -1.54. The number of alkyl halides is 3. The number of carboxylic acid groups (broad SMARTS) is 1. The summed E-state index contributed by atoms with van der Waals surface area (Å²) in [7, 11) is 2.59. The summed E-state index contributed by atoms with van der Waals surface area (Å²) >= 11 is 0. The van der Waals surface area contributed by atoms with Crippen LogP contribution in [0.15, 0.2) is 18.2 Å². The van der Waals surface area contributed by atoms with Crippen LogP contribution >= 0.6 is 0 Å². The fourth-order valence-electron chi connectivity index (χ4n) is 1.81. The van der Waals surface area contributed by atoms with Gasteiger partial charge < -0.3 is 14.6 Å². The Labute approximate surface area is 121 Å². The van der Waals surface area contributed by atoms with E-state index in [4.69, 9.17) is 14.6 Å². The molecule has 10 heteroatoms. The number of aromatic carboxylic acids is 1. The fraction of sp³-hybridized carbons (Fsp3) is 0.250. The number of halogens is 3. The summed E-state index contributed by atoms with van der Waals surface area (Å²) in [6.07, 6.45) is -4.97. The van der Waals surface area contributed by atoms with Gasteiger partial charge in [0.25, 0.3) is 0 Å². The minimum Gasteiger partial charge on any atom is -0.497 e. The van der Waals surface area contributed by atoms with Gasteiger partial charge in [-0.15, -0.1) is 5.10 Å². The number of nitrogens with zero attached hydrogens (tertiary/aromatic N) is 3. The van der Waals surface area contributed by atoms with Gasteiger partial charge in [0.2, 0.25) is 5.69 Å². The Bertz CT molecular complexity index is 712. The number of rotatable bonds is 4. The van der Waals surface area contributed by atoms with Crippen LogP contribution in [0.4, 0.5) is 13.2 Å². The van der Waals surface area contributed by atoms with E-state index in [0.717, 1.165) is 0 Å². The molecule has 0 aliphatic heterocycles. The molecule has 1 aromatic heterocycles. The average molecular weight is 317 g/mol. The van der Waals surface area contributed by atoms with Gasteiger partial charge in [0.1, 0.15) is 17.2 Å². The van der Waals surface area contributed by atoms with Gasteiger partial charge in [-0.1, -0.05) is 5.21 Å². The van der Waals surface area contributed by atoms with E-state index in [1.165, 1.54) is 32.4 Å². The molecule has 0 saturated carbocycles. The Kier molecular flexibility index (Phi) is 3.93. The summed E-state index contributed by atoms with van der Waals surface area (Å²) in [5, 5.41) is 15.2. The van der Waals surface area contributed by atoms with Crippen LogP contribution in [-0.4, -0.2) is 40.3 Å². The molecule has 22 heavy (non-hydrogen) atoms. The van der Waals surface area contributed by atoms with E-state index in [0.29, 0.717) is 4.68 Å². The summed E-state index contributed by atoms with van der Waals surface area (Å²) in [5.41, 5.74) is -2.85. The van der Waals surface area contributed by atoms with E-state index in [1.54, 1.807) is 0 Å². The number of aromatic nitrogens is 3. The zero-order chi connectivity index (χ0) is 16.5. The second-order valence-corrected chi connectivity index (χ2v) is 4.04. The van der Waals surface area contributed by atoms with Crippen molar-refractivity contribution in [2.45, 2.75) is 6.18 Å². The highest BCUT2D eigenvalue weighted by atomic mass is 19.4. The second-order valence-electron chi connectivity index (χ2n) is 4.04. The van der Waals surface area contributed by atoms with Crippen LogP contribution in [0.2, 0.25) is 0 Å². The fourth-order valence-corrected chi connectivity index (χ4v) is 1.81. The Balaban J connectivity index is 2.75. The predicted octanol–water partition coefficient (Wildman–Crippen LogP) is 2.00. The van der Waals surface area contributed by atoms with Crippen molar-refractivity contribution in [3.05, 3.63) is 29.6 Å². The van der Waals surface area contributed by atoms with Crippen LogP contribution < -0.4 is 9.47 Å². The molecule has 1 heterocycles. The minimum absolute atomic E-state index is 0.0492. The van der Waals surface area contributed by atoms with Crippen LogP contribution in [-0.2, 0) is 6.18 Å². The molecule has 0 spiro atoms. The van der Waals surface area contributed by atoms with E-state index in [1.807, 2.05) is 0 Å². The lowest BCUT2D eigenvalue weighted by Gasteiger charge is -2.14. The maximum absolute atomic E-state index is 13.2. The maximum atomic E-state index is 13.2. The highest BCUT2D eigenvalue weighted by molar-refractivity contribution is 5.87. The quantitative estimate of drug-likeness (QED) is 0.928. The molecule has 118 valence electrons. The van der Waals surface area contributed by atoms with E-state index >= 15 is 0 Å². The largest absolute Gasteiger partial charge is 0.497 e. The first-order chi connectivity index (χ1) is 10.3. The molecule has 7 nitrogen and oxygen atoms in total. The van der Waals surface area contributed by atoms with E-state index < -0.39 is 23.5 Å². The number of carbonyl (C=O) groups is 1. The zero-order valence-corrected chi connectivity index (χ0v) is 11.4. The first kappa shape index (κ1) is 15.6. The van der Waals surface area contributed by atoms with E-state index in [2.05, 4.69) is 10.3 Å². The molecule has 1 aromatic carbocycles. The van der Waals surface area contributed by atoms with Crippen LogP contribution in [0.1, 0.15) is 16.2 Å². The molecule has 2 aromatic rings. The molecule has 0 atom stereocenters. The molecule has 0 radical (unpaired) electrons. The van der Waals surface area contributed by atoms with Gasteiger partial charge in [0, 0.05) is 6.07 Å². The summed E-state index contributed by atoms with van der Waals surface area (Å²) in [6.45, 7) is 0. The van der Waals surface area contributed by atoms with Gasteiger partial charge in [-0.2, -0.15) is 13.2 Å². The summed E-state index contributed by atoms with van der Waals surface area (Å²) in [6, 6.07) is 4.08. The van der Waals surface area contributed by atoms with Gasteiger partial charge in [0.15, 0.2) is 5.69 Å². The SMILES string of the molecule is COc1ccc(OC)c(-n2nnc(C(=O)O)c2C(F)(F)F)c1. The molecule has 0 amide bonds. The number of hydrogen-bond acceptors (Lipinski definition) is 5. The number of methoxy groups -OCH3 is 2. The van der Waals surface area contributed by atoms with Crippen LogP contribution in [0, 0.1) is 0 Å². The van der Waals surface area contributed by atoms with Crippen molar-refractivity contribution in [2.24, 2.45) is 0 Å². The Morgan fingerprint density at radius 2 is 1.95 bits per heavy atom. The second kappa shape index (κ2) is 5.54. The van der Waals surface area contributed by atoms with Crippen LogP contribution in [0.5, 0.6) is 11.5 Å². The molecule has 0 fully saturated rings. The highest BCUT2D eigenvalue weighted by Crippen LogP contribution is 2.36. The predicted molar refractivity (Wildman–Crippen MR) is 66.4 cm³/mol. The Morgan fingerprint density at radius 3 is 2.45 bits per heavy atom. The first-order valence-electron chi connectivity index (χ1n) is 5.78. The summed E-state index contributed by atoms with van der Waals surface area (Å²) < 4.78 is 49.8. The lowest BCUT2D eigenvalue weighted by molar-refractivity contribution is -0.143. The smallest absolute Gasteiger partial charge is 0.436 e. The standard InChI is InChI=1S/C12H10F3N3O4/c1-21-6-3-4-8(22-2)7(5-6)18-10(12(13,14)15)9(11(19)20)16-17-18/h3-5H,1-2H3,(H,19,20). The third-order valence-corrected chi connectivity index (χ3v) is 2.76. The lowest BCUT2D eigenvalue weighted by Crippen LogP contribution is -2.18. The van der Waals surface area contributed by atoms with Gasteiger partial charge in [-0.3, -0.25) is 0 Å². The van der Waals surface area contributed by atoms with Gasteiger partial charge in [0.05, 0.1) is 14.2 Å². The van der Waals surface area contributed by atoms with Gasteiger partial charge in [-0.05, 0) is 12.1 Å².